The Hall–Kier alpha value is -4.22. The first-order valence-electron chi connectivity index (χ1n) is 15.9. The molecule has 1 aliphatic rings. The van der Waals surface area contributed by atoms with Gasteiger partial charge in [0.2, 0.25) is 11.8 Å². The van der Waals surface area contributed by atoms with Crippen molar-refractivity contribution in [3.63, 3.8) is 0 Å². The molecule has 0 heterocycles. The van der Waals surface area contributed by atoms with Gasteiger partial charge in [-0.2, -0.15) is 0 Å². The lowest BCUT2D eigenvalue weighted by molar-refractivity contribution is -0.140. The van der Waals surface area contributed by atoms with Gasteiger partial charge >= 0.3 is 0 Å². The number of sulfonamides is 1. The minimum atomic E-state index is -4.32. The summed E-state index contributed by atoms with van der Waals surface area (Å²) >= 11 is 3.37. The number of halogens is 2. The molecule has 2 amide bonds. The molecule has 0 aromatic heterocycles. The second kappa shape index (κ2) is 15.8. The standard InChI is InChI=1S/C37H39BrFN3O5S/c1-26-16-18-30(19-17-26)42(48(45,46)31-20-21-35(47-2)32(38)23-31)25-36(43)41(24-28-12-6-9-15-33(28)39)34(22-27-10-4-3-5-11-27)37(44)40-29-13-7-8-14-29/h3-6,9-12,15-21,23,29,34H,7-8,13-14,22,24-25H2,1-2H3,(H,40,44). The van der Waals surface area contributed by atoms with Gasteiger partial charge in [0.1, 0.15) is 24.2 Å². The van der Waals surface area contributed by atoms with E-state index in [2.05, 4.69) is 21.2 Å². The number of carbonyl (C=O) groups is 2. The zero-order valence-corrected chi connectivity index (χ0v) is 29.3. The van der Waals surface area contributed by atoms with E-state index in [1.807, 2.05) is 37.3 Å². The fourth-order valence-electron chi connectivity index (χ4n) is 5.91. The van der Waals surface area contributed by atoms with Crippen LogP contribution in [0.1, 0.15) is 42.4 Å². The van der Waals surface area contributed by atoms with E-state index < -0.39 is 34.3 Å². The van der Waals surface area contributed by atoms with E-state index in [0.29, 0.717) is 10.2 Å². The first kappa shape index (κ1) is 35.1. The lowest BCUT2D eigenvalue weighted by Gasteiger charge is -2.34. The van der Waals surface area contributed by atoms with Gasteiger partial charge in [0.25, 0.3) is 10.0 Å². The number of rotatable bonds is 13. The molecule has 1 atom stereocenters. The van der Waals surface area contributed by atoms with Crippen LogP contribution in [0.3, 0.4) is 0 Å². The molecule has 1 N–H and O–H groups in total. The van der Waals surface area contributed by atoms with Gasteiger partial charge in [-0.05, 0) is 77.7 Å². The van der Waals surface area contributed by atoms with Gasteiger partial charge in [0.15, 0.2) is 0 Å². The zero-order valence-electron chi connectivity index (χ0n) is 26.9. The summed E-state index contributed by atoms with van der Waals surface area (Å²) in [6, 6.07) is 25.5. The minimum absolute atomic E-state index is 0.0286. The smallest absolute Gasteiger partial charge is 0.264 e. The topological polar surface area (TPSA) is 96.0 Å². The summed E-state index contributed by atoms with van der Waals surface area (Å²) in [6.07, 6.45) is 3.82. The molecule has 0 radical (unpaired) electrons. The number of nitrogens with one attached hydrogen (secondary N) is 1. The maximum absolute atomic E-state index is 15.1. The average Bonchev–Trinajstić information content (AvgIpc) is 3.59. The highest BCUT2D eigenvalue weighted by Crippen LogP contribution is 2.31. The Balaban J connectivity index is 1.58. The molecule has 8 nitrogen and oxygen atoms in total. The number of amides is 2. The van der Waals surface area contributed by atoms with Gasteiger partial charge in [-0.15, -0.1) is 0 Å². The number of aryl methyl sites for hydroxylation is 1. The minimum Gasteiger partial charge on any atom is -0.496 e. The fourth-order valence-corrected chi connectivity index (χ4v) is 8.04. The van der Waals surface area contributed by atoms with Crippen molar-refractivity contribution < 1.29 is 27.1 Å². The van der Waals surface area contributed by atoms with Crippen LogP contribution in [0, 0.1) is 12.7 Å². The molecular formula is C37H39BrFN3O5S. The highest BCUT2D eigenvalue weighted by molar-refractivity contribution is 9.10. The molecule has 0 aliphatic heterocycles. The Labute approximate surface area is 290 Å². The first-order valence-corrected chi connectivity index (χ1v) is 18.1. The summed E-state index contributed by atoms with van der Waals surface area (Å²) in [5.41, 5.74) is 2.19. The van der Waals surface area contributed by atoms with Crippen LogP contribution >= 0.6 is 15.9 Å². The van der Waals surface area contributed by atoms with Crippen LogP contribution in [0.15, 0.2) is 106 Å². The lowest BCUT2D eigenvalue weighted by atomic mass is 10.0. The van der Waals surface area contributed by atoms with E-state index in [1.165, 1.54) is 36.3 Å². The van der Waals surface area contributed by atoms with Crippen molar-refractivity contribution in [2.24, 2.45) is 0 Å². The van der Waals surface area contributed by atoms with E-state index in [0.717, 1.165) is 41.1 Å². The average molecular weight is 737 g/mol. The van der Waals surface area contributed by atoms with Gasteiger partial charge < -0.3 is 15.0 Å². The molecule has 0 spiro atoms. The quantitative estimate of drug-likeness (QED) is 0.163. The van der Waals surface area contributed by atoms with E-state index in [-0.39, 0.29) is 41.1 Å². The van der Waals surface area contributed by atoms with Gasteiger partial charge in [-0.3, -0.25) is 13.9 Å². The van der Waals surface area contributed by atoms with Crippen LogP contribution in [-0.4, -0.2) is 50.9 Å². The van der Waals surface area contributed by atoms with E-state index in [1.54, 1.807) is 42.5 Å². The van der Waals surface area contributed by atoms with E-state index in [9.17, 15) is 18.0 Å². The van der Waals surface area contributed by atoms with Crippen LogP contribution in [0.5, 0.6) is 5.75 Å². The second-order valence-corrected chi connectivity index (χ2v) is 14.7. The predicted molar refractivity (Wildman–Crippen MR) is 188 cm³/mol. The molecule has 0 saturated heterocycles. The number of carbonyl (C=O) groups excluding carboxylic acids is 2. The SMILES string of the molecule is COc1ccc(S(=O)(=O)N(CC(=O)N(Cc2ccccc2F)C(Cc2ccccc2)C(=O)NC2CCCC2)c2ccc(C)cc2)cc1Br. The van der Waals surface area contributed by atoms with Crippen molar-refractivity contribution in [1.82, 2.24) is 10.2 Å². The molecule has 1 fully saturated rings. The third-order valence-corrected chi connectivity index (χ3v) is 11.0. The van der Waals surface area contributed by atoms with Gasteiger partial charge in [-0.25, -0.2) is 12.8 Å². The third kappa shape index (κ3) is 8.43. The van der Waals surface area contributed by atoms with Gasteiger partial charge in [-0.1, -0.05) is 79.1 Å². The number of hydrogen-bond donors (Lipinski definition) is 1. The zero-order chi connectivity index (χ0) is 34.3. The van der Waals surface area contributed by atoms with Crippen LogP contribution in [-0.2, 0) is 32.6 Å². The fraction of sp³-hybridized carbons (Fsp3) is 0.297. The molecule has 1 aliphatic carbocycles. The highest BCUT2D eigenvalue weighted by atomic mass is 79.9. The van der Waals surface area contributed by atoms with Crippen LogP contribution in [0.25, 0.3) is 0 Å². The molecule has 11 heteroatoms. The Bertz CT molecular complexity index is 1830. The number of methoxy groups -OCH3 is 1. The first-order chi connectivity index (χ1) is 23.1. The van der Waals surface area contributed by atoms with Crippen LogP contribution in [0.2, 0.25) is 0 Å². The monoisotopic (exact) mass is 735 g/mol. The Morgan fingerprint density at radius 2 is 1.62 bits per heavy atom. The second-order valence-electron chi connectivity index (χ2n) is 12.0. The van der Waals surface area contributed by atoms with Gasteiger partial charge in [0.05, 0.1) is 22.2 Å². The normalized spacial score (nSPS) is 13.9. The summed E-state index contributed by atoms with van der Waals surface area (Å²) in [4.78, 5) is 30.0. The maximum Gasteiger partial charge on any atom is 0.264 e. The number of anilines is 1. The molecule has 0 bridgehead atoms. The summed E-state index contributed by atoms with van der Waals surface area (Å²) in [6.45, 7) is 1.00. The van der Waals surface area contributed by atoms with Crippen molar-refractivity contribution in [3.05, 3.63) is 124 Å². The van der Waals surface area contributed by atoms with Crippen LogP contribution < -0.4 is 14.4 Å². The number of benzene rings is 4. The van der Waals surface area contributed by atoms with E-state index >= 15 is 4.39 Å². The largest absolute Gasteiger partial charge is 0.496 e. The van der Waals surface area contributed by atoms with Crippen molar-refractivity contribution >= 4 is 43.5 Å². The molecule has 5 rings (SSSR count). The van der Waals surface area contributed by atoms with Crippen molar-refractivity contribution in [1.29, 1.82) is 0 Å². The number of hydrogen-bond acceptors (Lipinski definition) is 5. The molecular weight excluding hydrogens is 697 g/mol. The van der Waals surface area contributed by atoms with Crippen LogP contribution in [0.4, 0.5) is 10.1 Å². The molecule has 4 aromatic carbocycles. The summed E-state index contributed by atoms with van der Waals surface area (Å²) < 4.78 is 50.5. The number of ether oxygens (including phenoxy) is 1. The molecule has 4 aromatic rings. The third-order valence-electron chi connectivity index (χ3n) is 8.58. The molecule has 1 saturated carbocycles. The Kier molecular flexibility index (Phi) is 11.5. The summed E-state index contributed by atoms with van der Waals surface area (Å²) in [5, 5.41) is 3.12. The maximum atomic E-state index is 15.1. The number of nitrogens with zero attached hydrogens (tertiary/aromatic N) is 2. The molecule has 252 valence electrons. The Morgan fingerprint density at radius 1 is 0.958 bits per heavy atom. The van der Waals surface area contributed by atoms with Crippen molar-refractivity contribution in [3.8, 4) is 5.75 Å². The summed E-state index contributed by atoms with van der Waals surface area (Å²) in [5.74, 6) is -1.10. The van der Waals surface area contributed by atoms with Gasteiger partial charge in [0, 0.05) is 24.6 Å². The predicted octanol–water partition coefficient (Wildman–Crippen LogP) is 6.80. The molecule has 48 heavy (non-hydrogen) atoms. The van der Waals surface area contributed by atoms with Crippen molar-refractivity contribution in [2.45, 2.75) is 62.6 Å². The summed E-state index contributed by atoms with van der Waals surface area (Å²) in [7, 11) is -2.85. The highest BCUT2D eigenvalue weighted by Gasteiger charge is 2.36. The Morgan fingerprint density at radius 3 is 2.27 bits per heavy atom. The lowest BCUT2D eigenvalue weighted by Crippen LogP contribution is -2.54. The molecule has 1 unspecified atom stereocenters. The van der Waals surface area contributed by atoms with Crippen molar-refractivity contribution in [2.75, 3.05) is 18.0 Å². The van der Waals surface area contributed by atoms with E-state index in [4.69, 9.17) is 4.74 Å².